The number of aliphatic hydroxyl groups is 2. The van der Waals surface area contributed by atoms with Crippen LogP contribution in [0.2, 0.25) is 0 Å². The van der Waals surface area contributed by atoms with Crippen LogP contribution in [0.1, 0.15) is 66.2 Å². The summed E-state index contributed by atoms with van der Waals surface area (Å²) in [5.74, 6) is 0. The molecule has 124 valence electrons. The van der Waals surface area contributed by atoms with Gasteiger partial charge in [0.2, 0.25) is 0 Å². The third-order valence-corrected chi connectivity index (χ3v) is 2.66. The van der Waals surface area contributed by atoms with Gasteiger partial charge in [0.05, 0.1) is 25.4 Å². The molecule has 0 aliphatic rings. The van der Waals surface area contributed by atoms with Gasteiger partial charge in [-0.1, -0.05) is 39.5 Å². The molecule has 0 aromatic carbocycles. The summed E-state index contributed by atoms with van der Waals surface area (Å²) in [6.45, 7) is 10.1. The topological polar surface area (TPSA) is 58.9 Å². The molecule has 2 unspecified atom stereocenters. The summed E-state index contributed by atoms with van der Waals surface area (Å²) in [6.07, 6.45) is 7.07. The largest absolute Gasteiger partial charge is 0.394 e. The quantitative estimate of drug-likeness (QED) is 0.543. The molecular formula is C16H36O4. The molecule has 0 radical (unpaired) electrons. The molecule has 0 aromatic rings. The van der Waals surface area contributed by atoms with Crippen LogP contribution in [-0.2, 0) is 9.47 Å². The van der Waals surface area contributed by atoms with Crippen LogP contribution in [-0.4, -0.2) is 48.8 Å². The van der Waals surface area contributed by atoms with E-state index in [0.29, 0.717) is 6.61 Å². The maximum absolute atomic E-state index is 8.69. The molecule has 0 heterocycles. The Balaban J connectivity index is 0. The van der Waals surface area contributed by atoms with E-state index < -0.39 is 6.10 Å². The molecule has 4 heteroatoms. The summed E-state index contributed by atoms with van der Waals surface area (Å²) in [6, 6.07) is 0. The fourth-order valence-corrected chi connectivity index (χ4v) is 1.37. The average Bonchev–Trinajstić information content (AvgIpc) is 2.44. The Bertz CT molecular complexity index is 155. The zero-order valence-corrected chi connectivity index (χ0v) is 13.9. The normalized spacial score (nSPS) is 13.5. The summed E-state index contributed by atoms with van der Waals surface area (Å²) in [5, 5.41) is 17.1. The number of ether oxygens (including phenoxy) is 2. The minimum atomic E-state index is -0.445. The Labute approximate surface area is 125 Å². The lowest BCUT2D eigenvalue weighted by atomic mass is 10.2. The Kier molecular flexibility index (Phi) is 20.8. The van der Waals surface area contributed by atoms with Crippen molar-refractivity contribution in [1.29, 1.82) is 0 Å². The van der Waals surface area contributed by atoms with Crippen molar-refractivity contribution in [3.63, 3.8) is 0 Å². The average molecular weight is 292 g/mol. The van der Waals surface area contributed by atoms with Gasteiger partial charge in [-0.2, -0.15) is 0 Å². The second kappa shape index (κ2) is 18.8. The first kappa shape index (κ1) is 22.1. The van der Waals surface area contributed by atoms with Crippen LogP contribution in [0, 0.1) is 0 Å². The second-order valence-corrected chi connectivity index (χ2v) is 5.20. The van der Waals surface area contributed by atoms with Crippen LogP contribution in [0.3, 0.4) is 0 Å². The van der Waals surface area contributed by atoms with Crippen molar-refractivity contribution in [2.75, 3.05) is 26.4 Å². The SMILES string of the molecule is CC(O)COC(C)CO.CCCCCOCCCCC. The molecule has 2 N–H and O–H groups in total. The second-order valence-electron chi connectivity index (χ2n) is 5.20. The van der Waals surface area contributed by atoms with Crippen LogP contribution < -0.4 is 0 Å². The highest BCUT2D eigenvalue weighted by molar-refractivity contribution is 4.47. The number of unbranched alkanes of at least 4 members (excludes halogenated alkanes) is 4. The van der Waals surface area contributed by atoms with E-state index in [2.05, 4.69) is 13.8 Å². The zero-order valence-electron chi connectivity index (χ0n) is 13.9. The van der Waals surface area contributed by atoms with Crippen LogP contribution >= 0.6 is 0 Å². The van der Waals surface area contributed by atoms with Crippen molar-refractivity contribution < 1.29 is 19.7 Å². The van der Waals surface area contributed by atoms with Crippen molar-refractivity contribution in [3.8, 4) is 0 Å². The fourth-order valence-electron chi connectivity index (χ4n) is 1.37. The first-order valence-corrected chi connectivity index (χ1v) is 8.06. The highest BCUT2D eigenvalue weighted by atomic mass is 16.5. The van der Waals surface area contributed by atoms with E-state index in [1.165, 1.54) is 38.5 Å². The predicted molar refractivity (Wildman–Crippen MR) is 84.0 cm³/mol. The number of rotatable bonds is 12. The van der Waals surface area contributed by atoms with Crippen molar-refractivity contribution >= 4 is 0 Å². The molecule has 0 saturated heterocycles. The molecule has 0 amide bonds. The van der Waals surface area contributed by atoms with E-state index in [-0.39, 0.29) is 12.7 Å². The third-order valence-electron chi connectivity index (χ3n) is 2.66. The number of hydrogen-bond acceptors (Lipinski definition) is 4. The summed E-state index contributed by atoms with van der Waals surface area (Å²) in [4.78, 5) is 0. The van der Waals surface area contributed by atoms with Crippen LogP contribution in [0.4, 0.5) is 0 Å². The van der Waals surface area contributed by atoms with Gasteiger partial charge in [-0.05, 0) is 26.7 Å². The molecule has 20 heavy (non-hydrogen) atoms. The van der Waals surface area contributed by atoms with Crippen molar-refractivity contribution in [1.82, 2.24) is 0 Å². The van der Waals surface area contributed by atoms with Gasteiger partial charge in [0.25, 0.3) is 0 Å². The van der Waals surface area contributed by atoms with Gasteiger partial charge in [-0.25, -0.2) is 0 Å². The van der Waals surface area contributed by atoms with Crippen LogP contribution in [0.25, 0.3) is 0 Å². The van der Waals surface area contributed by atoms with Gasteiger partial charge < -0.3 is 19.7 Å². The predicted octanol–water partition coefficient (Wildman–Crippen LogP) is 3.15. The Morgan fingerprint density at radius 2 is 1.40 bits per heavy atom. The Hall–Kier alpha value is -0.160. The first-order chi connectivity index (χ1) is 9.58. The molecule has 0 aromatic heterocycles. The maximum atomic E-state index is 8.69. The van der Waals surface area contributed by atoms with Gasteiger partial charge >= 0.3 is 0 Å². The van der Waals surface area contributed by atoms with Gasteiger partial charge in [0.15, 0.2) is 0 Å². The highest BCUT2D eigenvalue weighted by Crippen LogP contribution is 1.97. The molecule has 0 spiro atoms. The van der Waals surface area contributed by atoms with Gasteiger partial charge in [-0.3, -0.25) is 0 Å². The molecule has 4 nitrogen and oxygen atoms in total. The van der Waals surface area contributed by atoms with E-state index in [0.717, 1.165) is 13.2 Å². The van der Waals surface area contributed by atoms with E-state index >= 15 is 0 Å². The van der Waals surface area contributed by atoms with E-state index in [9.17, 15) is 0 Å². The summed E-state index contributed by atoms with van der Waals surface area (Å²) in [7, 11) is 0. The summed E-state index contributed by atoms with van der Waals surface area (Å²) < 4.78 is 10.4. The molecule has 2 atom stereocenters. The number of aliphatic hydroxyl groups excluding tert-OH is 2. The van der Waals surface area contributed by atoms with E-state index in [1.807, 2.05) is 0 Å². The fraction of sp³-hybridized carbons (Fsp3) is 1.00. The lowest BCUT2D eigenvalue weighted by Gasteiger charge is -2.10. The minimum Gasteiger partial charge on any atom is -0.394 e. The lowest BCUT2D eigenvalue weighted by Crippen LogP contribution is -2.19. The number of hydrogen-bond donors (Lipinski definition) is 2. The summed E-state index contributed by atoms with van der Waals surface area (Å²) in [5.41, 5.74) is 0. The van der Waals surface area contributed by atoms with Gasteiger partial charge in [0.1, 0.15) is 0 Å². The molecule has 0 aliphatic heterocycles. The molecule has 0 rings (SSSR count). The minimum absolute atomic E-state index is 0.00667. The Morgan fingerprint density at radius 3 is 1.75 bits per heavy atom. The molecule has 0 bridgehead atoms. The van der Waals surface area contributed by atoms with E-state index in [4.69, 9.17) is 19.7 Å². The first-order valence-electron chi connectivity index (χ1n) is 8.06. The molecule has 0 saturated carbocycles. The maximum Gasteiger partial charge on any atom is 0.0779 e. The Morgan fingerprint density at radius 1 is 0.900 bits per heavy atom. The smallest absolute Gasteiger partial charge is 0.0779 e. The van der Waals surface area contributed by atoms with Crippen LogP contribution in [0.15, 0.2) is 0 Å². The van der Waals surface area contributed by atoms with Crippen molar-refractivity contribution in [2.45, 2.75) is 78.4 Å². The molecule has 0 fully saturated rings. The van der Waals surface area contributed by atoms with Crippen molar-refractivity contribution in [3.05, 3.63) is 0 Å². The monoisotopic (exact) mass is 292 g/mol. The standard InChI is InChI=1S/C10H22O.C6H14O3/c1-3-5-7-9-11-10-8-6-4-2;1-5(8)4-9-6(2)3-7/h3-10H2,1-2H3;5-8H,3-4H2,1-2H3. The van der Waals surface area contributed by atoms with E-state index in [1.54, 1.807) is 13.8 Å². The third kappa shape index (κ3) is 23.0. The van der Waals surface area contributed by atoms with Gasteiger partial charge in [-0.15, -0.1) is 0 Å². The molecular weight excluding hydrogens is 256 g/mol. The lowest BCUT2D eigenvalue weighted by molar-refractivity contribution is -0.0177. The highest BCUT2D eigenvalue weighted by Gasteiger charge is 2.00. The van der Waals surface area contributed by atoms with Crippen LogP contribution in [0.5, 0.6) is 0 Å². The molecule has 0 aliphatic carbocycles. The summed E-state index contributed by atoms with van der Waals surface area (Å²) >= 11 is 0. The van der Waals surface area contributed by atoms with Gasteiger partial charge in [0, 0.05) is 13.2 Å². The zero-order chi connectivity index (χ0) is 15.6. The van der Waals surface area contributed by atoms with Crippen molar-refractivity contribution in [2.24, 2.45) is 0 Å².